The third kappa shape index (κ3) is 2.78. The summed E-state index contributed by atoms with van der Waals surface area (Å²) in [4.78, 5) is 8.07. The quantitative estimate of drug-likeness (QED) is 0.772. The molecule has 0 amide bonds. The Bertz CT molecular complexity index is 751. The van der Waals surface area contributed by atoms with E-state index < -0.39 is 11.6 Å². The van der Waals surface area contributed by atoms with Crippen LogP contribution in [-0.4, -0.2) is 19.7 Å². The van der Waals surface area contributed by atoms with Crippen LogP contribution in [0.5, 0.6) is 0 Å². The highest BCUT2D eigenvalue weighted by Gasteiger charge is 2.10. The largest absolute Gasteiger partial charge is 0.368 e. The molecule has 0 unspecified atom stereocenters. The summed E-state index contributed by atoms with van der Waals surface area (Å²) in [6, 6.07) is 8.27. The third-order valence-electron chi connectivity index (χ3n) is 2.62. The highest BCUT2D eigenvalue weighted by Crippen LogP contribution is 2.18. The Hall–Kier alpha value is -3.03. The first kappa shape index (κ1) is 13.0. The number of anilines is 3. The van der Waals surface area contributed by atoms with Crippen LogP contribution >= 0.6 is 0 Å². The predicted octanol–water partition coefficient (Wildman–Crippen LogP) is 2.27. The fourth-order valence-electron chi connectivity index (χ4n) is 1.78. The molecular formula is C13H10F2N6. The molecule has 0 aliphatic rings. The number of hydrogen-bond acceptors (Lipinski definition) is 5. The number of halogens is 2. The van der Waals surface area contributed by atoms with Crippen molar-refractivity contribution >= 4 is 17.6 Å². The molecular weight excluding hydrogens is 278 g/mol. The van der Waals surface area contributed by atoms with E-state index in [0.29, 0.717) is 5.82 Å². The summed E-state index contributed by atoms with van der Waals surface area (Å²) < 4.78 is 27.6. The molecule has 3 aromatic rings. The summed E-state index contributed by atoms with van der Waals surface area (Å²) in [6.07, 6.45) is 1.59. The SMILES string of the molecule is Nc1nc(Nc2cc(F)cc(F)c2)nn1-c1ccccn1. The summed E-state index contributed by atoms with van der Waals surface area (Å²) in [5.74, 6) is -0.693. The standard InChI is InChI=1S/C13H10F2N6/c14-8-5-9(15)7-10(6-8)18-13-19-12(16)21(20-13)11-3-1-2-4-17-11/h1-7H,(H3,16,18,19,20). The number of aromatic nitrogens is 4. The molecule has 0 radical (unpaired) electrons. The van der Waals surface area contributed by atoms with Crippen LogP contribution in [0.25, 0.3) is 5.82 Å². The van der Waals surface area contributed by atoms with E-state index in [9.17, 15) is 8.78 Å². The van der Waals surface area contributed by atoms with Gasteiger partial charge in [0.05, 0.1) is 0 Å². The van der Waals surface area contributed by atoms with Crippen LogP contribution < -0.4 is 11.1 Å². The van der Waals surface area contributed by atoms with E-state index in [1.165, 1.54) is 4.68 Å². The van der Waals surface area contributed by atoms with Crippen molar-refractivity contribution in [1.82, 2.24) is 19.7 Å². The van der Waals surface area contributed by atoms with E-state index in [0.717, 1.165) is 18.2 Å². The fourth-order valence-corrected chi connectivity index (χ4v) is 1.78. The van der Waals surface area contributed by atoms with Gasteiger partial charge in [0.15, 0.2) is 5.82 Å². The van der Waals surface area contributed by atoms with Crippen molar-refractivity contribution in [1.29, 1.82) is 0 Å². The molecule has 1 aromatic carbocycles. The van der Waals surface area contributed by atoms with Crippen molar-refractivity contribution in [3.63, 3.8) is 0 Å². The first-order valence-corrected chi connectivity index (χ1v) is 5.99. The summed E-state index contributed by atoms with van der Waals surface area (Å²) in [5, 5.41) is 6.78. The number of nitrogens with two attached hydrogens (primary N) is 1. The van der Waals surface area contributed by atoms with Gasteiger partial charge in [-0.15, -0.1) is 5.10 Å². The molecule has 0 saturated heterocycles. The Morgan fingerprint density at radius 2 is 1.86 bits per heavy atom. The molecule has 3 rings (SSSR count). The van der Waals surface area contributed by atoms with E-state index in [1.807, 2.05) is 0 Å². The number of hydrogen-bond donors (Lipinski definition) is 2. The average molecular weight is 288 g/mol. The zero-order valence-corrected chi connectivity index (χ0v) is 10.7. The molecule has 2 aromatic heterocycles. The van der Waals surface area contributed by atoms with Crippen LogP contribution in [0.2, 0.25) is 0 Å². The Labute approximate surface area is 118 Å². The van der Waals surface area contributed by atoms with Gasteiger partial charge in [-0.25, -0.2) is 13.8 Å². The number of benzene rings is 1. The lowest BCUT2D eigenvalue weighted by molar-refractivity contribution is 0.584. The first-order chi connectivity index (χ1) is 10.1. The number of pyridine rings is 1. The topological polar surface area (TPSA) is 81.6 Å². The zero-order valence-electron chi connectivity index (χ0n) is 10.7. The maximum Gasteiger partial charge on any atom is 0.248 e. The van der Waals surface area contributed by atoms with Gasteiger partial charge in [-0.1, -0.05) is 6.07 Å². The molecule has 8 heteroatoms. The zero-order chi connectivity index (χ0) is 14.8. The van der Waals surface area contributed by atoms with Gasteiger partial charge in [0.25, 0.3) is 0 Å². The molecule has 0 spiro atoms. The summed E-state index contributed by atoms with van der Waals surface area (Å²) in [7, 11) is 0. The lowest BCUT2D eigenvalue weighted by Crippen LogP contribution is -2.04. The molecule has 106 valence electrons. The molecule has 0 bridgehead atoms. The number of nitrogen functional groups attached to an aromatic ring is 1. The van der Waals surface area contributed by atoms with E-state index in [1.54, 1.807) is 24.4 Å². The monoisotopic (exact) mass is 288 g/mol. The van der Waals surface area contributed by atoms with Gasteiger partial charge in [0, 0.05) is 18.0 Å². The van der Waals surface area contributed by atoms with Crippen LogP contribution in [0, 0.1) is 11.6 Å². The van der Waals surface area contributed by atoms with Gasteiger partial charge in [0.2, 0.25) is 11.9 Å². The van der Waals surface area contributed by atoms with Gasteiger partial charge in [-0.2, -0.15) is 9.67 Å². The molecule has 6 nitrogen and oxygen atoms in total. The second-order valence-corrected chi connectivity index (χ2v) is 4.18. The minimum absolute atomic E-state index is 0.105. The lowest BCUT2D eigenvalue weighted by Gasteiger charge is -2.02. The van der Waals surface area contributed by atoms with Crippen molar-refractivity contribution in [2.45, 2.75) is 0 Å². The Kier molecular flexibility index (Phi) is 3.19. The molecule has 21 heavy (non-hydrogen) atoms. The number of nitrogens with zero attached hydrogens (tertiary/aromatic N) is 4. The summed E-state index contributed by atoms with van der Waals surface area (Å²) in [5.41, 5.74) is 5.93. The Morgan fingerprint density at radius 1 is 1.10 bits per heavy atom. The summed E-state index contributed by atoms with van der Waals surface area (Å²) >= 11 is 0. The van der Waals surface area contributed by atoms with E-state index in [-0.39, 0.29) is 17.6 Å². The minimum atomic E-state index is -0.699. The van der Waals surface area contributed by atoms with Gasteiger partial charge < -0.3 is 11.1 Å². The molecule has 0 aliphatic carbocycles. The van der Waals surface area contributed by atoms with Crippen LogP contribution in [0.3, 0.4) is 0 Å². The smallest absolute Gasteiger partial charge is 0.248 e. The molecule has 2 heterocycles. The van der Waals surface area contributed by atoms with Crippen molar-refractivity contribution in [3.05, 3.63) is 54.2 Å². The third-order valence-corrected chi connectivity index (χ3v) is 2.62. The molecule has 0 fully saturated rings. The maximum absolute atomic E-state index is 13.1. The second-order valence-electron chi connectivity index (χ2n) is 4.18. The highest BCUT2D eigenvalue weighted by molar-refractivity contribution is 5.54. The van der Waals surface area contributed by atoms with Crippen LogP contribution in [-0.2, 0) is 0 Å². The van der Waals surface area contributed by atoms with E-state index >= 15 is 0 Å². The highest BCUT2D eigenvalue weighted by atomic mass is 19.1. The Morgan fingerprint density at radius 3 is 2.52 bits per heavy atom. The normalized spacial score (nSPS) is 10.6. The molecule has 0 saturated carbocycles. The van der Waals surface area contributed by atoms with Crippen molar-refractivity contribution in [2.75, 3.05) is 11.1 Å². The Balaban J connectivity index is 1.91. The van der Waals surface area contributed by atoms with Gasteiger partial charge in [-0.05, 0) is 24.3 Å². The number of rotatable bonds is 3. The predicted molar refractivity (Wildman–Crippen MR) is 73.2 cm³/mol. The average Bonchev–Trinajstić information content (AvgIpc) is 2.79. The molecule has 0 atom stereocenters. The lowest BCUT2D eigenvalue weighted by atomic mass is 10.3. The molecule has 3 N–H and O–H groups in total. The van der Waals surface area contributed by atoms with Crippen molar-refractivity contribution < 1.29 is 8.78 Å². The van der Waals surface area contributed by atoms with E-state index in [2.05, 4.69) is 20.4 Å². The van der Waals surface area contributed by atoms with Gasteiger partial charge in [0.1, 0.15) is 11.6 Å². The first-order valence-electron chi connectivity index (χ1n) is 5.99. The van der Waals surface area contributed by atoms with Gasteiger partial charge >= 0.3 is 0 Å². The fraction of sp³-hybridized carbons (Fsp3) is 0. The van der Waals surface area contributed by atoms with Crippen LogP contribution in [0.15, 0.2) is 42.6 Å². The van der Waals surface area contributed by atoms with Crippen molar-refractivity contribution in [3.8, 4) is 5.82 Å². The van der Waals surface area contributed by atoms with E-state index in [4.69, 9.17) is 5.73 Å². The maximum atomic E-state index is 13.1. The van der Waals surface area contributed by atoms with Crippen LogP contribution in [0.1, 0.15) is 0 Å². The van der Waals surface area contributed by atoms with Crippen LogP contribution in [0.4, 0.5) is 26.4 Å². The minimum Gasteiger partial charge on any atom is -0.368 e. The number of nitrogens with one attached hydrogen (secondary N) is 1. The second kappa shape index (κ2) is 5.16. The summed E-state index contributed by atoms with van der Waals surface area (Å²) in [6.45, 7) is 0. The molecule has 0 aliphatic heterocycles. The van der Waals surface area contributed by atoms with Gasteiger partial charge in [-0.3, -0.25) is 0 Å². The van der Waals surface area contributed by atoms with Crippen molar-refractivity contribution in [2.24, 2.45) is 0 Å².